The van der Waals surface area contributed by atoms with E-state index in [0.717, 1.165) is 5.56 Å². The zero-order chi connectivity index (χ0) is 14.1. The van der Waals surface area contributed by atoms with Crippen LogP contribution in [0.2, 0.25) is 0 Å². The molecule has 20 heavy (non-hydrogen) atoms. The topological polar surface area (TPSA) is 57.6 Å². The predicted molar refractivity (Wildman–Crippen MR) is 73.1 cm³/mol. The van der Waals surface area contributed by atoms with Crippen LogP contribution in [0.5, 0.6) is 5.75 Å². The minimum atomic E-state index is -0.305. The van der Waals surface area contributed by atoms with Crippen molar-refractivity contribution < 1.29 is 14.7 Å². The standard InChI is InChI=1S/C16H13NO3/c18-14-8-4-2-6-12(14)10-17-15(19)9-11-5-1-3-7-13(11)16(17)20/h1-8,18H,9-10H2. The molecule has 1 aliphatic rings. The van der Waals surface area contributed by atoms with Crippen molar-refractivity contribution in [3.63, 3.8) is 0 Å². The van der Waals surface area contributed by atoms with E-state index in [1.807, 2.05) is 6.07 Å². The van der Waals surface area contributed by atoms with Gasteiger partial charge in [-0.3, -0.25) is 14.5 Å². The van der Waals surface area contributed by atoms with Gasteiger partial charge < -0.3 is 5.11 Å². The fraction of sp³-hybridized carbons (Fsp3) is 0.125. The molecule has 4 heteroatoms. The summed E-state index contributed by atoms with van der Waals surface area (Å²) in [5.41, 5.74) is 1.88. The van der Waals surface area contributed by atoms with E-state index in [4.69, 9.17) is 0 Å². The summed E-state index contributed by atoms with van der Waals surface area (Å²) in [6, 6.07) is 13.8. The molecule has 4 nitrogen and oxygen atoms in total. The molecule has 2 aromatic rings. The summed E-state index contributed by atoms with van der Waals surface area (Å²) in [5, 5.41) is 9.76. The first-order valence-corrected chi connectivity index (χ1v) is 6.36. The van der Waals surface area contributed by atoms with E-state index in [-0.39, 0.29) is 30.5 Å². The van der Waals surface area contributed by atoms with Gasteiger partial charge in [-0.15, -0.1) is 0 Å². The van der Waals surface area contributed by atoms with Crippen molar-refractivity contribution in [3.8, 4) is 5.75 Å². The Labute approximate surface area is 116 Å². The van der Waals surface area contributed by atoms with Crippen molar-refractivity contribution in [1.29, 1.82) is 0 Å². The molecule has 1 heterocycles. The smallest absolute Gasteiger partial charge is 0.261 e. The largest absolute Gasteiger partial charge is 0.508 e. The number of nitrogens with zero attached hydrogens (tertiary/aromatic N) is 1. The Bertz CT molecular complexity index is 694. The van der Waals surface area contributed by atoms with E-state index in [1.54, 1.807) is 42.5 Å². The second-order valence-electron chi connectivity index (χ2n) is 4.75. The van der Waals surface area contributed by atoms with Crippen molar-refractivity contribution in [1.82, 2.24) is 4.90 Å². The second kappa shape index (κ2) is 4.81. The summed E-state index contributed by atoms with van der Waals surface area (Å²) in [7, 11) is 0. The fourth-order valence-electron chi connectivity index (χ4n) is 2.37. The summed E-state index contributed by atoms with van der Waals surface area (Å²) in [4.78, 5) is 25.7. The number of phenolic OH excluding ortho intramolecular Hbond substituents is 1. The number of para-hydroxylation sites is 1. The summed E-state index contributed by atoms with van der Waals surface area (Å²) < 4.78 is 0. The third kappa shape index (κ3) is 2.05. The molecule has 0 aromatic heterocycles. The summed E-state index contributed by atoms with van der Waals surface area (Å²) in [6.07, 6.45) is 0.218. The molecule has 0 atom stereocenters. The maximum absolute atomic E-state index is 12.4. The summed E-state index contributed by atoms with van der Waals surface area (Å²) in [5.74, 6) is -0.455. The molecular formula is C16H13NO3. The molecule has 1 aliphatic heterocycles. The van der Waals surface area contributed by atoms with Gasteiger partial charge in [0.15, 0.2) is 0 Å². The molecule has 0 fully saturated rings. The molecule has 0 bridgehead atoms. The van der Waals surface area contributed by atoms with Crippen molar-refractivity contribution in [3.05, 3.63) is 65.2 Å². The Balaban J connectivity index is 1.94. The van der Waals surface area contributed by atoms with Crippen molar-refractivity contribution >= 4 is 11.8 Å². The Morgan fingerprint density at radius 3 is 2.50 bits per heavy atom. The van der Waals surface area contributed by atoms with Gasteiger partial charge in [-0.05, 0) is 17.7 Å². The highest BCUT2D eigenvalue weighted by atomic mass is 16.3. The van der Waals surface area contributed by atoms with Gasteiger partial charge in [0.2, 0.25) is 5.91 Å². The van der Waals surface area contributed by atoms with Crippen LogP contribution in [0.1, 0.15) is 21.5 Å². The molecule has 0 saturated carbocycles. The number of amides is 2. The number of benzene rings is 2. The van der Waals surface area contributed by atoms with Crippen LogP contribution < -0.4 is 0 Å². The third-order valence-electron chi connectivity index (χ3n) is 3.46. The molecule has 0 unspecified atom stereocenters. The van der Waals surface area contributed by atoms with Gasteiger partial charge in [0, 0.05) is 11.1 Å². The Morgan fingerprint density at radius 2 is 1.70 bits per heavy atom. The SMILES string of the molecule is O=C1Cc2ccccc2C(=O)N1Cc1ccccc1O. The number of fused-ring (bicyclic) bond motifs is 1. The zero-order valence-electron chi connectivity index (χ0n) is 10.7. The van der Waals surface area contributed by atoms with Crippen LogP contribution in [0.4, 0.5) is 0 Å². The lowest BCUT2D eigenvalue weighted by atomic mass is 9.98. The number of carbonyl (C=O) groups is 2. The molecule has 100 valence electrons. The number of imide groups is 1. The van der Waals surface area contributed by atoms with Crippen molar-refractivity contribution in [2.45, 2.75) is 13.0 Å². The number of aromatic hydroxyl groups is 1. The van der Waals surface area contributed by atoms with Crippen LogP contribution >= 0.6 is 0 Å². The molecule has 0 spiro atoms. The predicted octanol–water partition coefficient (Wildman–Crippen LogP) is 2.12. The normalized spacial score (nSPS) is 14.3. The van der Waals surface area contributed by atoms with Gasteiger partial charge in [0.05, 0.1) is 13.0 Å². The summed E-state index contributed by atoms with van der Waals surface area (Å²) >= 11 is 0. The van der Waals surface area contributed by atoms with Crippen LogP contribution in [0.15, 0.2) is 48.5 Å². The maximum Gasteiger partial charge on any atom is 0.261 e. The highest BCUT2D eigenvalue weighted by Crippen LogP contribution is 2.24. The fourth-order valence-corrected chi connectivity index (χ4v) is 2.37. The van der Waals surface area contributed by atoms with Gasteiger partial charge >= 0.3 is 0 Å². The Hall–Kier alpha value is -2.62. The number of rotatable bonds is 2. The van der Waals surface area contributed by atoms with E-state index < -0.39 is 0 Å². The average Bonchev–Trinajstić information content (AvgIpc) is 2.45. The number of phenols is 1. The quantitative estimate of drug-likeness (QED) is 0.848. The lowest BCUT2D eigenvalue weighted by Crippen LogP contribution is -2.41. The summed E-state index contributed by atoms with van der Waals surface area (Å²) in [6.45, 7) is 0.0959. The zero-order valence-corrected chi connectivity index (χ0v) is 10.7. The van der Waals surface area contributed by atoms with Gasteiger partial charge in [-0.25, -0.2) is 0 Å². The lowest BCUT2D eigenvalue weighted by Gasteiger charge is -2.27. The van der Waals surface area contributed by atoms with Gasteiger partial charge in [-0.1, -0.05) is 36.4 Å². The van der Waals surface area contributed by atoms with E-state index >= 15 is 0 Å². The Kier molecular flexibility index (Phi) is 2.99. The van der Waals surface area contributed by atoms with Crippen molar-refractivity contribution in [2.24, 2.45) is 0 Å². The average molecular weight is 267 g/mol. The maximum atomic E-state index is 12.4. The molecule has 1 N–H and O–H groups in total. The molecule has 0 radical (unpaired) electrons. The van der Waals surface area contributed by atoms with Crippen LogP contribution in [0, 0.1) is 0 Å². The van der Waals surface area contributed by atoms with Crippen LogP contribution in [-0.4, -0.2) is 21.8 Å². The monoisotopic (exact) mass is 267 g/mol. The number of hydrogen-bond donors (Lipinski definition) is 1. The van der Waals surface area contributed by atoms with Crippen LogP contribution in [-0.2, 0) is 17.8 Å². The first-order chi connectivity index (χ1) is 9.66. The number of hydrogen-bond acceptors (Lipinski definition) is 3. The third-order valence-corrected chi connectivity index (χ3v) is 3.46. The van der Waals surface area contributed by atoms with Gasteiger partial charge in [-0.2, -0.15) is 0 Å². The molecule has 0 saturated heterocycles. The molecular weight excluding hydrogens is 254 g/mol. The van der Waals surface area contributed by atoms with E-state index in [0.29, 0.717) is 11.1 Å². The molecule has 0 aliphatic carbocycles. The highest BCUT2D eigenvalue weighted by Gasteiger charge is 2.30. The van der Waals surface area contributed by atoms with Gasteiger partial charge in [0.1, 0.15) is 5.75 Å². The molecule has 3 rings (SSSR count). The van der Waals surface area contributed by atoms with Crippen LogP contribution in [0.25, 0.3) is 0 Å². The lowest BCUT2D eigenvalue weighted by molar-refractivity contribution is -0.128. The highest BCUT2D eigenvalue weighted by molar-refractivity contribution is 6.09. The van der Waals surface area contributed by atoms with Gasteiger partial charge in [0.25, 0.3) is 5.91 Å². The Morgan fingerprint density at radius 1 is 1.00 bits per heavy atom. The molecule has 2 amide bonds. The van der Waals surface area contributed by atoms with Crippen LogP contribution in [0.3, 0.4) is 0 Å². The van der Waals surface area contributed by atoms with E-state index in [1.165, 1.54) is 4.90 Å². The first-order valence-electron chi connectivity index (χ1n) is 6.36. The first kappa shape index (κ1) is 12.4. The van der Waals surface area contributed by atoms with E-state index in [2.05, 4.69) is 0 Å². The van der Waals surface area contributed by atoms with E-state index in [9.17, 15) is 14.7 Å². The minimum absolute atomic E-state index is 0.0898. The van der Waals surface area contributed by atoms with Crippen molar-refractivity contribution in [2.75, 3.05) is 0 Å². The minimum Gasteiger partial charge on any atom is -0.508 e. The molecule has 2 aromatic carbocycles. The second-order valence-corrected chi connectivity index (χ2v) is 4.75. The number of carbonyl (C=O) groups excluding carboxylic acids is 2.